The van der Waals surface area contributed by atoms with Crippen molar-refractivity contribution in [3.05, 3.63) is 17.8 Å². The SMILES string of the molecule is C[C@@H](CN1CCC(C(=O)N2CCN3c4ncc(C(F)(F)F)cc4N(C)C(=O)[C@H]3C2)CC1)N=C1C=NNC(=O)C1C(F)(F)F. The van der Waals surface area contributed by atoms with Crippen LogP contribution in [0.4, 0.5) is 37.8 Å². The van der Waals surface area contributed by atoms with E-state index in [1.54, 1.807) is 16.7 Å². The van der Waals surface area contributed by atoms with Crippen LogP contribution in [0.5, 0.6) is 0 Å². The molecule has 0 saturated carbocycles. The van der Waals surface area contributed by atoms with E-state index < -0.39 is 53.4 Å². The molecule has 0 radical (unpaired) electrons. The lowest BCUT2D eigenvalue weighted by Crippen LogP contribution is -2.64. The molecule has 4 aliphatic rings. The molecule has 1 aromatic rings. The highest BCUT2D eigenvalue weighted by molar-refractivity contribution is 6.37. The lowest BCUT2D eigenvalue weighted by atomic mass is 9.94. The minimum Gasteiger partial charge on any atom is -0.339 e. The van der Waals surface area contributed by atoms with Crippen LogP contribution >= 0.6 is 0 Å². The summed E-state index contributed by atoms with van der Waals surface area (Å²) in [6, 6.07) is -0.427. The molecule has 0 aromatic carbocycles. The molecule has 3 amide bonds. The highest BCUT2D eigenvalue weighted by Gasteiger charge is 2.49. The maximum Gasteiger partial charge on any atom is 0.417 e. The number of fused-ring (bicyclic) bond motifs is 3. The fourth-order valence-corrected chi connectivity index (χ4v) is 6.01. The molecule has 0 aliphatic carbocycles. The molecule has 0 spiro atoms. The third kappa shape index (κ3) is 6.17. The number of aromatic nitrogens is 1. The summed E-state index contributed by atoms with van der Waals surface area (Å²) in [6.07, 6.45) is -6.75. The molecule has 17 heteroatoms. The average Bonchev–Trinajstić information content (AvgIpc) is 2.94. The van der Waals surface area contributed by atoms with Gasteiger partial charge in [-0.25, -0.2) is 10.4 Å². The number of anilines is 2. The first-order valence-corrected chi connectivity index (χ1v) is 13.7. The molecule has 4 aliphatic heterocycles. The number of halogens is 6. The van der Waals surface area contributed by atoms with Gasteiger partial charge in [-0.3, -0.25) is 19.4 Å². The van der Waals surface area contributed by atoms with E-state index in [1.807, 2.05) is 10.3 Å². The molecule has 43 heavy (non-hydrogen) atoms. The van der Waals surface area contributed by atoms with E-state index in [1.165, 1.54) is 7.05 Å². The monoisotopic (exact) mass is 616 g/mol. The summed E-state index contributed by atoms with van der Waals surface area (Å²) in [5.74, 6) is -4.26. The molecule has 3 atom stereocenters. The van der Waals surface area contributed by atoms with Crippen molar-refractivity contribution in [2.24, 2.45) is 21.9 Å². The third-order valence-electron chi connectivity index (χ3n) is 8.20. The molecule has 11 nitrogen and oxygen atoms in total. The Morgan fingerprint density at radius 2 is 1.81 bits per heavy atom. The average molecular weight is 617 g/mol. The minimum absolute atomic E-state index is 0.0653. The zero-order valence-electron chi connectivity index (χ0n) is 23.3. The van der Waals surface area contributed by atoms with Crippen LogP contribution in [-0.2, 0) is 20.6 Å². The number of piperazine rings is 1. The van der Waals surface area contributed by atoms with Crippen LogP contribution in [0.15, 0.2) is 22.4 Å². The molecular weight excluding hydrogens is 586 g/mol. The summed E-state index contributed by atoms with van der Waals surface area (Å²) in [4.78, 5) is 52.8. The Morgan fingerprint density at radius 1 is 1.12 bits per heavy atom. The van der Waals surface area contributed by atoms with E-state index in [2.05, 4.69) is 15.1 Å². The number of likely N-dealkylation sites (tertiary alicyclic amines) is 1. The van der Waals surface area contributed by atoms with Gasteiger partial charge in [0.15, 0.2) is 11.7 Å². The number of likely N-dealkylation sites (N-methyl/N-ethyl adjacent to an activating group) is 1. The fourth-order valence-electron chi connectivity index (χ4n) is 6.01. The van der Waals surface area contributed by atoms with Gasteiger partial charge in [0, 0.05) is 38.8 Å². The highest BCUT2D eigenvalue weighted by Crippen LogP contribution is 2.39. The van der Waals surface area contributed by atoms with Crippen LogP contribution in [0.1, 0.15) is 25.3 Å². The molecule has 5 heterocycles. The van der Waals surface area contributed by atoms with Gasteiger partial charge in [0.05, 0.1) is 35.8 Å². The van der Waals surface area contributed by atoms with Crippen molar-refractivity contribution in [1.82, 2.24) is 20.2 Å². The molecule has 1 N–H and O–H groups in total. The largest absolute Gasteiger partial charge is 0.417 e. The summed E-state index contributed by atoms with van der Waals surface area (Å²) in [6.45, 7) is 3.58. The summed E-state index contributed by atoms with van der Waals surface area (Å²) >= 11 is 0. The van der Waals surface area contributed by atoms with Crippen molar-refractivity contribution in [2.75, 3.05) is 56.1 Å². The van der Waals surface area contributed by atoms with Gasteiger partial charge in [0.2, 0.25) is 5.91 Å². The number of nitrogens with one attached hydrogen (secondary N) is 1. The molecule has 2 fully saturated rings. The van der Waals surface area contributed by atoms with Gasteiger partial charge in [-0.05, 0) is 38.9 Å². The van der Waals surface area contributed by atoms with E-state index in [0.29, 0.717) is 32.5 Å². The number of hydrogen-bond donors (Lipinski definition) is 1. The standard InChI is InChI=1S/C26H30F6N8O3/c1-14(35-17-11-34-36-22(41)20(17)26(30,31)32)12-38-5-3-15(4-6-38)23(42)39-7-8-40-19(13-39)24(43)37(2)18-9-16(25(27,28)29)10-33-21(18)40/h9-11,14-15,19-20H,3-8,12-13H2,1-2H3,(H,36,41)/t14-,19+,20?/m0/s1. The summed E-state index contributed by atoms with van der Waals surface area (Å²) in [5, 5.41) is 3.45. The number of pyridine rings is 1. The number of carbonyl (C=O) groups is 3. The van der Waals surface area contributed by atoms with Crippen LogP contribution in [0.2, 0.25) is 0 Å². The molecule has 1 unspecified atom stereocenters. The van der Waals surface area contributed by atoms with Crippen molar-refractivity contribution in [3.8, 4) is 0 Å². The topological polar surface area (TPSA) is 114 Å². The quantitative estimate of drug-likeness (QED) is 0.518. The predicted molar refractivity (Wildman–Crippen MR) is 143 cm³/mol. The first-order valence-electron chi connectivity index (χ1n) is 13.7. The van der Waals surface area contributed by atoms with Gasteiger partial charge in [0.25, 0.3) is 11.8 Å². The second-order valence-electron chi connectivity index (χ2n) is 11.1. The van der Waals surface area contributed by atoms with Gasteiger partial charge in [0.1, 0.15) is 6.04 Å². The second-order valence-corrected chi connectivity index (χ2v) is 11.1. The van der Waals surface area contributed by atoms with Crippen LogP contribution < -0.4 is 15.2 Å². The Bertz CT molecular complexity index is 1340. The van der Waals surface area contributed by atoms with Crippen LogP contribution in [0.3, 0.4) is 0 Å². The lowest BCUT2D eigenvalue weighted by Gasteiger charge is -2.47. The van der Waals surface area contributed by atoms with Crippen molar-refractivity contribution in [2.45, 2.75) is 44.2 Å². The van der Waals surface area contributed by atoms with Gasteiger partial charge in [-0.1, -0.05) is 0 Å². The number of piperidine rings is 1. The fraction of sp³-hybridized carbons (Fsp3) is 0.615. The number of nitrogens with zero attached hydrogens (tertiary/aromatic N) is 7. The maximum atomic E-state index is 13.4. The number of carbonyl (C=O) groups excluding carboxylic acids is 3. The van der Waals surface area contributed by atoms with Crippen molar-refractivity contribution < 1.29 is 40.7 Å². The molecule has 0 bridgehead atoms. The van der Waals surface area contributed by atoms with E-state index in [-0.39, 0.29) is 43.0 Å². The predicted octanol–water partition coefficient (Wildman–Crippen LogP) is 1.93. The lowest BCUT2D eigenvalue weighted by molar-refractivity contribution is -0.168. The second kappa shape index (κ2) is 11.4. The number of hydrazone groups is 1. The zero-order chi connectivity index (χ0) is 31.3. The Morgan fingerprint density at radius 3 is 2.47 bits per heavy atom. The van der Waals surface area contributed by atoms with Crippen LogP contribution in [0, 0.1) is 11.8 Å². The molecular formula is C26H30F6N8O3. The van der Waals surface area contributed by atoms with Gasteiger partial charge >= 0.3 is 12.4 Å². The molecule has 5 rings (SSSR count). The first-order chi connectivity index (χ1) is 20.1. The number of rotatable bonds is 4. The smallest absolute Gasteiger partial charge is 0.339 e. The molecule has 2 saturated heterocycles. The van der Waals surface area contributed by atoms with Crippen molar-refractivity contribution in [3.63, 3.8) is 0 Å². The van der Waals surface area contributed by atoms with Crippen LogP contribution in [-0.4, -0.2) is 109 Å². The first kappa shape index (κ1) is 30.7. The van der Waals surface area contributed by atoms with E-state index in [9.17, 15) is 40.7 Å². The van der Waals surface area contributed by atoms with Gasteiger partial charge < -0.3 is 19.6 Å². The zero-order valence-corrected chi connectivity index (χ0v) is 23.3. The maximum absolute atomic E-state index is 13.4. The summed E-state index contributed by atoms with van der Waals surface area (Å²) in [7, 11) is 1.39. The van der Waals surface area contributed by atoms with Crippen LogP contribution in [0.25, 0.3) is 0 Å². The Hall–Kier alpha value is -3.76. The number of aliphatic imine (C=N–C) groups is 1. The number of hydrogen-bond acceptors (Lipinski definition) is 8. The number of alkyl halides is 6. The summed E-state index contributed by atoms with van der Waals surface area (Å²) in [5.41, 5.74) is 0.480. The van der Waals surface area contributed by atoms with E-state index in [0.717, 1.165) is 23.4 Å². The summed E-state index contributed by atoms with van der Waals surface area (Å²) < 4.78 is 79.7. The van der Waals surface area contributed by atoms with Gasteiger partial charge in [-0.2, -0.15) is 31.4 Å². The molecule has 234 valence electrons. The third-order valence-corrected chi connectivity index (χ3v) is 8.20. The highest BCUT2D eigenvalue weighted by atomic mass is 19.4. The van der Waals surface area contributed by atoms with Gasteiger partial charge in [-0.15, -0.1) is 0 Å². The Kier molecular flexibility index (Phi) is 8.13. The van der Waals surface area contributed by atoms with E-state index >= 15 is 0 Å². The van der Waals surface area contributed by atoms with E-state index in [4.69, 9.17) is 0 Å². The number of amides is 3. The van der Waals surface area contributed by atoms with Crippen molar-refractivity contribution in [1.29, 1.82) is 0 Å². The normalized spacial score (nSPS) is 25.5. The molecule has 1 aromatic heterocycles. The van der Waals surface area contributed by atoms with Crippen molar-refractivity contribution >= 4 is 41.2 Å². The minimum atomic E-state index is -4.80. The Labute approximate surface area is 242 Å². The Balaban J connectivity index is 1.17.